The molecule has 0 bridgehead atoms. The molecule has 204 valence electrons. The Morgan fingerprint density at radius 1 is 1.13 bits per heavy atom. The summed E-state index contributed by atoms with van der Waals surface area (Å²) in [4.78, 5) is 20.4. The molecule has 2 heterocycles. The predicted molar refractivity (Wildman–Crippen MR) is 156 cm³/mol. The van der Waals surface area contributed by atoms with Gasteiger partial charge in [-0.2, -0.15) is 4.31 Å². The van der Waals surface area contributed by atoms with Gasteiger partial charge in [-0.1, -0.05) is 60.2 Å². The number of carbonyl (C=O) groups excluding carboxylic acids is 1. The molecule has 0 spiro atoms. The van der Waals surface area contributed by atoms with Crippen molar-refractivity contribution < 1.29 is 17.9 Å². The predicted octanol–water partition coefficient (Wildman–Crippen LogP) is 6.29. The number of halogens is 1. The summed E-state index contributed by atoms with van der Waals surface area (Å²) in [5.41, 5.74) is 3.04. The smallest absolute Gasteiger partial charge is 0.260 e. The van der Waals surface area contributed by atoms with Crippen molar-refractivity contribution in [1.82, 2.24) is 9.29 Å². The van der Waals surface area contributed by atoms with Gasteiger partial charge in [0.25, 0.3) is 5.91 Å². The van der Waals surface area contributed by atoms with Gasteiger partial charge < -0.3 is 4.74 Å². The van der Waals surface area contributed by atoms with E-state index in [1.54, 1.807) is 17.0 Å². The molecule has 1 aliphatic heterocycles. The summed E-state index contributed by atoms with van der Waals surface area (Å²) in [6, 6.07) is 19.3. The first-order valence-corrected chi connectivity index (χ1v) is 15.5. The number of fused-ring (bicyclic) bond motifs is 1. The fraction of sp³-hybridized carbons (Fsp3) is 0.310. The maximum absolute atomic E-state index is 13.8. The highest BCUT2D eigenvalue weighted by molar-refractivity contribution is 7.89. The van der Waals surface area contributed by atoms with Gasteiger partial charge >= 0.3 is 0 Å². The zero-order valence-electron chi connectivity index (χ0n) is 21.8. The van der Waals surface area contributed by atoms with E-state index in [1.807, 2.05) is 56.3 Å². The fourth-order valence-electron chi connectivity index (χ4n) is 4.73. The summed E-state index contributed by atoms with van der Waals surface area (Å²) in [6.45, 7) is 5.40. The van der Waals surface area contributed by atoms with Crippen LogP contribution in [0, 0.1) is 6.92 Å². The lowest BCUT2D eigenvalue weighted by Crippen LogP contribution is -2.37. The van der Waals surface area contributed by atoms with E-state index in [9.17, 15) is 13.2 Å². The molecular weight excluding hydrogens is 554 g/mol. The van der Waals surface area contributed by atoms with Crippen molar-refractivity contribution in [2.75, 3.05) is 24.6 Å². The number of thiazole rings is 1. The van der Waals surface area contributed by atoms with Gasteiger partial charge in [-0.25, -0.2) is 13.4 Å². The number of aryl methyl sites for hydroxylation is 1. The van der Waals surface area contributed by atoms with E-state index in [0.29, 0.717) is 35.4 Å². The topological polar surface area (TPSA) is 79.8 Å². The maximum Gasteiger partial charge on any atom is 0.260 e. The molecule has 3 aromatic carbocycles. The van der Waals surface area contributed by atoms with Crippen LogP contribution in [0.4, 0.5) is 5.13 Å². The Kier molecular flexibility index (Phi) is 8.35. The number of hydrogen-bond acceptors (Lipinski definition) is 6. The average Bonchev–Trinajstić information content (AvgIpc) is 3.60. The molecule has 0 N–H and O–H groups in total. The lowest BCUT2D eigenvalue weighted by molar-refractivity contribution is 0.0917. The zero-order chi connectivity index (χ0) is 27.6. The lowest BCUT2D eigenvalue weighted by atomic mass is 10.2. The zero-order valence-corrected chi connectivity index (χ0v) is 24.2. The largest absolute Gasteiger partial charge is 0.376 e. The van der Waals surface area contributed by atoms with Crippen LogP contribution in [-0.4, -0.2) is 49.4 Å². The summed E-state index contributed by atoms with van der Waals surface area (Å²) in [7, 11) is -3.74. The van der Waals surface area contributed by atoms with Gasteiger partial charge in [0.05, 0.1) is 27.8 Å². The fourth-order valence-corrected chi connectivity index (χ4v) is 7.59. The minimum absolute atomic E-state index is 0.0820. The van der Waals surface area contributed by atoms with Crippen molar-refractivity contribution in [2.24, 2.45) is 0 Å². The molecule has 4 aromatic rings. The number of anilines is 1. The summed E-state index contributed by atoms with van der Waals surface area (Å²) in [5, 5.41) is 1.19. The number of nitrogens with zero attached hydrogens (tertiary/aromatic N) is 3. The first-order valence-electron chi connectivity index (χ1n) is 12.9. The minimum atomic E-state index is -3.74. The maximum atomic E-state index is 13.8. The van der Waals surface area contributed by atoms with Crippen LogP contribution in [0.2, 0.25) is 5.02 Å². The Balaban J connectivity index is 1.43. The third kappa shape index (κ3) is 6.02. The van der Waals surface area contributed by atoms with Crippen LogP contribution in [0.1, 0.15) is 41.3 Å². The van der Waals surface area contributed by atoms with Crippen LogP contribution in [0.5, 0.6) is 0 Å². The molecule has 1 unspecified atom stereocenters. The second kappa shape index (κ2) is 11.7. The average molecular weight is 584 g/mol. The van der Waals surface area contributed by atoms with E-state index >= 15 is 0 Å². The highest BCUT2D eigenvalue weighted by Gasteiger charge is 2.28. The van der Waals surface area contributed by atoms with Gasteiger partial charge in [-0.3, -0.25) is 9.69 Å². The van der Waals surface area contributed by atoms with Gasteiger partial charge in [-0.05, 0) is 67.3 Å². The molecular formula is C29H30ClN3O4S2. The molecule has 10 heteroatoms. The van der Waals surface area contributed by atoms with Crippen LogP contribution in [0.15, 0.2) is 71.6 Å². The minimum Gasteiger partial charge on any atom is -0.376 e. The van der Waals surface area contributed by atoms with Crippen LogP contribution in [0.25, 0.3) is 10.2 Å². The Bertz CT molecular complexity index is 1570. The van der Waals surface area contributed by atoms with Gasteiger partial charge in [0.1, 0.15) is 0 Å². The normalized spacial score (nSPS) is 15.7. The van der Waals surface area contributed by atoms with E-state index in [4.69, 9.17) is 21.3 Å². The molecule has 0 saturated carbocycles. The van der Waals surface area contributed by atoms with E-state index in [-0.39, 0.29) is 23.5 Å². The Hall–Kier alpha value is -2.82. The molecule has 1 aliphatic rings. The molecule has 1 fully saturated rings. The Labute approximate surface area is 238 Å². The molecule has 0 aliphatic carbocycles. The number of sulfonamides is 1. The van der Waals surface area contributed by atoms with E-state index < -0.39 is 10.0 Å². The van der Waals surface area contributed by atoms with Crippen LogP contribution < -0.4 is 4.90 Å². The summed E-state index contributed by atoms with van der Waals surface area (Å²) >= 11 is 7.67. The summed E-state index contributed by atoms with van der Waals surface area (Å²) in [5.74, 6) is -0.256. The number of aromatic nitrogens is 1. The Morgan fingerprint density at radius 2 is 1.87 bits per heavy atom. The van der Waals surface area contributed by atoms with Crippen molar-refractivity contribution in [2.45, 2.75) is 44.2 Å². The Morgan fingerprint density at radius 3 is 2.54 bits per heavy atom. The molecule has 1 atom stereocenters. The van der Waals surface area contributed by atoms with Crippen molar-refractivity contribution in [3.05, 3.63) is 88.4 Å². The second-order valence-corrected chi connectivity index (χ2v) is 12.9. The third-order valence-corrected chi connectivity index (χ3v) is 10.00. The van der Waals surface area contributed by atoms with Crippen molar-refractivity contribution >= 4 is 54.2 Å². The van der Waals surface area contributed by atoms with E-state index in [2.05, 4.69) is 0 Å². The highest BCUT2D eigenvalue weighted by Crippen LogP contribution is 2.34. The molecule has 0 radical (unpaired) electrons. The van der Waals surface area contributed by atoms with Gasteiger partial charge in [0.2, 0.25) is 10.0 Å². The quantitative estimate of drug-likeness (QED) is 0.231. The number of amides is 1. The summed E-state index contributed by atoms with van der Waals surface area (Å²) in [6.07, 6.45) is 1.73. The van der Waals surface area contributed by atoms with Crippen LogP contribution >= 0.6 is 22.9 Å². The van der Waals surface area contributed by atoms with Crippen molar-refractivity contribution in [3.8, 4) is 0 Å². The van der Waals surface area contributed by atoms with Crippen LogP contribution in [-0.2, 0) is 21.3 Å². The van der Waals surface area contributed by atoms with Crippen molar-refractivity contribution in [1.29, 1.82) is 0 Å². The van der Waals surface area contributed by atoms with Gasteiger partial charge in [0.15, 0.2) is 5.13 Å². The summed E-state index contributed by atoms with van der Waals surface area (Å²) < 4.78 is 34.9. The second-order valence-electron chi connectivity index (χ2n) is 9.56. The van der Waals surface area contributed by atoms with Crippen LogP contribution in [0.3, 0.4) is 0 Å². The molecule has 1 aromatic heterocycles. The standard InChI is InChI=1S/C29H30ClN3O4S2/c1-3-32(18-21-8-5-4-6-9-21)39(35,36)25-13-11-22(12-14-25)28(34)33(19-24-10-7-15-37-24)29-31-27-20(2)16-23(30)17-26(27)38-29/h4-6,8-9,11-14,16-17,24H,3,7,10,15,18-19H2,1-2H3. The highest BCUT2D eigenvalue weighted by atomic mass is 35.5. The van der Waals surface area contributed by atoms with E-state index in [1.165, 1.54) is 27.8 Å². The molecule has 39 heavy (non-hydrogen) atoms. The molecule has 1 amide bonds. The lowest BCUT2D eigenvalue weighted by Gasteiger charge is -2.23. The molecule has 1 saturated heterocycles. The van der Waals surface area contributed by atoms with Gasteiger partial charge in [-0.15, -0.1) is 0 Å². The first-order chi connectivity index (χ1) is 18.8. The third-order valence-electron chi connectivity index (χ3n) is 6.82. The number of rotatable bonds is 9. The molecule has 7 nitrogen and oxygen atoms in total. The van der Waals surface area contributed by atoms with E-state index in [0.717, 1.165) is 34.2 Å². The number of hydrogen-bond donors (Lipinski definition) is 0. The van der Waals surface area contributed by atoms with Crippen molar-refractivity contribution in [3.63, 3.8) is 0 Å². The monoisotopic (exact) mass is 583 g/mol. The SMILES string of the molecule is CCN(Cc1ccccc1)S(=O)(=O)c1ccc(C(=O)N(CC2CCCO2)c2nc3c(C)cc(Cl)cc3s2)cc1. The first kappa shape index (κ1) is 27.7. The number of benzene rings is 3. The molecule has 5 rings (SSSR count). The number of carbonyl (C=O) groups is 1. The van der Waals surface area contributed by atoms with Gasteiger partial charge in [0, 0.05) is 30.3 Å². The number of ether oxygens (including phenoxy) is 1.